The molecule has 18 heavy (non-hydrogen) atoms. The van der Waals surface area contributed by atoms with Crippen LogP contribution in [0.3, 0.4) is 0 Å². The zero-order valence-corrected chi connectivity index (χ0v) is 10.9. The summed E-state index contributed by atoms with van der Waals surface area (Å²) in [7, 11) is 0. The number of hydrogen-bond acceptors (Lipinski definition) is 2. The van der Waals surface area contributed by atoms with Gasteiger partial charge in [-0.3, -0.25) is 0 Å². The smallest absolute Gasteiger partial charge is 0.113 e. The number of halogens is 2. The number of para-hydroxylation sites is 1. The van der Waals surface area contributed by atoms with E-state index in [-0.39, 0.29) is 0 Å². The van der Waals surface area contributed by atoms with E-state index in [0.717, 1.165) is 22.3 Å². The minimum absolute atomic E-state index is 0.337. The highest BCUT2D eigenvalue weighted by Gasteiger charge is 2.11. The van der Waals surface area contributed by atoms with Gasteiger partial charge in [0, 0.05) is 10.6 Å². The van der Waals surface area contributed by atoms with Crippen molar-refractivity contribution in [3.63, 3.8) is 0 Å². The van der Waals surface area contributed by atoms with Crippen molar-refractivity contribution in [2.24, 2.45) is 0 Å². The van der Waals surface area contributed by atoms with Crippen molar-refractivity contribution < 1.29 is 0 Å². The van der Waals surface area contributed by atoms with E-state index >= 15 is 0 Å². The maximum atomic E-state index is 6.15. The quantitative estimate of drug-likeness (QED) is 0.667. The first kappa shape index (κ1) is 11.5. The van der Waals surface area contributed by atoms with Gasteiger partial charge in [0.1, 0.15) is 5.52 Å². The number of rotatable bonds is 2. The zero-order valence-electron chi connectivity index (χ0n) is 9.35. The summed E-state index contributed by atoms with van der Waals surface area (Å²) < 4.78 is 1.76. The lowest BCUT2D eigenvalue weighted by molar-refractivity contribution is 0.818. The van der Waals surface area contributed by atoms with Gasteiger partial charge < -0.3 is 0 Å². The van der Waals surface area contributed by atoms with E-state index in [2.05, 4.69) is 10.3 Å². The molecule has 0 saturated carbocycles. The zero-order chi connectivity index (χ0) is 12.5. The molecule has 0 aliphatic carbocycles. The molecule has 3 rings (SSSR count). The van der Waals surface area contributed by atoms with Crippen LogP contribution in [0.5, 0.6) is 0 Å². The Morgan fingerprint density at radius 2 is 1.89 bits per heavy atom. The molecular weight excluding hydrogens is 269 g/mol. The molecule has 0 atom stereocenters. The Kier molecular flexibility index (Phi) is 2.94. The van der Waals surface area contributed by atoms with Crippen LogP contribution in [0.2, 0.25) is 5.02 Å². The molecule has 0 aliphatic rings. The Balaban J connectivity index is 2.30. The predicted molar refractivity (Wildman–Crippen MR) is 73.4 cm³/mol. The molecular formula is C13H9Cl2N3. The number of hydrogen-bond donors (Lipinski definition) is 0. The lowest BCUT2D eigenvalue weighted by Gasteiger charge is -2.08. The first-order valence-electron chi connectivity index (χ1n) is 5.45. The average Bonchev–Trinajstić information content (AvgIpc) is 2.82. The Labute approximate surface area is 114 Å². The SMILES string of the molecule is ClCc1c(Cl)cccc1-n1nnc2ccccc21. The average molecular weight is 278 g/mol. The maximum Gasteiger partial charge on any atom is 0.113 e. The van der Waals surface area contributed by atoms with Gasteiger partial charge in [0.25, 0.3) is 0 Å². The molecule has 0 fully saturated rings. The number of aromatic nitrogens is 3. The summed E-state index contributed by atoms with van der Waals surface area (Å²) in [5.41, 5.74) is 3.51. The Bertz CT molecular complexity index is 706. The van der Waals surface area contributed by atoms with Crippen LogP contribution in [0.4, 0.5) is 0 Å². The van der Waals surface area contributed by atoms with E-state index in [1.54, 1.807) is 4.68 Å². The normalized spacial score (nSPS) is 11.0. The second-order valence-corrected chi connectivity index (χ2v) is 4.54. The summed E-state index contributed by atoms with van der Waals surface area (Å²) in [6, 6.07) is 13.4. The van der Waals surface area contributed by atoms with Gasteiger partial charge in [0.15, 0.2) is 0 Å². The third-order valence-corrected chi connectivity index (χ3v) is 3.43. The highest BCUT2D eigenvalue weighted by molar-refractivity contribution is 6.32. The summed E-state index contributed by atoms with van der Waals surface area (Å²) in [6.45, 7) is 0. The second kappa shape index (κ2) is 4.59. The van der Waals surface area contributed by atoms with E-state index in [4.69, 9.17) is 23.2 Å². The molecule has 0 bridgehead atoms. The predicted octanol–water partition coefficient (Wildman–Crippen LogP) is 3.81. The topological polar surface area (TPSA) is 30.7 Å². The van der Waals surface area contributed by atoms with E-state index in [1.807, 2.05) is 42.5 Å². The third-order valence-electron chi connectivity index (χ3n) is 2.81. The van der Waals surface area contributed by atoms with Gasteiger partial charge in [-0.1, -0.05) is 35.0 Å². The van der Waals surface area contributed by atoms with Crippen molar-refractivity contribution in [1.29, 1.82) is 0 Å². The number of fused-ring (bicyclic) bond motifs is 1. The van der Waals surface area contributed by atoms with Gasteiger partial charge >= 0.3 is 0 Å². The number of alkyl halides is 1. The van der Waals surface area contributed by atoms with Crippen LogP contribution in [-0.2, 0) is 5.88 Å². The van der Waals surface area contributed by atoms with Crippen LogP contribution in [0.1, 0.15) is 5.56 Å². The van der Waals surface area contributed by atoms with Crippen LogP contribution in [0.15, 0.2) is 42.5 Å². The van der Waals surface area contributed by atoms with E-state index in [1.165, 1.54) is 0 Å². The van der Waals surface area contributed by atoms with Crippen LogP contribution >= 0.6 is 23.2 Å². The van der Waals surface area contributed by atoms with Crippen molar-refractivity contribution in [3.8, 4) is 5.69 Å². The van der Waals surface area contributed by atoms with Gasteiger partial charge in [0.2, 0.25) is 0 Å². The van der Waals surface area contributed by atoms with Crippen molar-refractivity contribution in [1.82, 2.24) is 15.0 Å². The van der Waals surface area contributed by atoms with Crippen LogP contribution in [-0.4, -0.2) is 15.0 Å². The summed E-state index contributed by atoms with van der Waals surface area (Å²) in [5, 5.41) is 8.93. The Hall–Kier alpha value is -1.58. The number of benzene rings is 2. The standard InChI is InChI=1S/C13H9Cl2N3/c14-8-9-10(15)4-3-7-12(9)18-13-6-2-1-5-11(13)16-17-18/h1-7H,8H2. The number of nitrogens with zero attached hydrogens (tertiary/aromatic N) is 3. The maximum absolute atomic E-state index is 6.15. The largest absolute Gasteiger partial charge is 0.212 e. The summed E-state index contributed by atoms with van der Waals surface area (Å²) in [6.07, 6.45) is 0. The van der Waals surface area contributed by atoms with E-state index in [0.29, 0.717) is 10.9 Å². The van der Waals surface area contributed by atoms with E-state index < -0.39 is 0 Å². The molecule has 0 spiro atoms. The Morgan fingerprint density at radius 3 is 2.72 bits per heavy atom. The molecule has 1 aromatic heterocycles. The molecule has 0 aliphatic heterocycles. The molecule has 0 unspecified atom stereocenters. The van der Waals surface area contributed by atoms with Crippen molar-refractivity contribution >= 4 is 34.2 Å². The molecule has 3 aromatic rings. The molecule has 1 heterocycles. The molecule has 0 radical (unpaired) electrons. The van der Waals surface area contributed by atoms with E-state index in [9.17, 15) is 0 Å². The Morgan fingerprint density at radius 1 is 1.06 bits per heavy atom. The van der Waals surface area contributed by atoms with Crippen molar-refractivity contribution in [3.05, 3.63) is 53.1 Å². The van der Waals surface area contributed by atoms with Crippen LogP contribution in [0, 0.1) is 0 Å². The summed E-state index contributed by atoms with van der Waals surface area (Å²) in [4.78, 5) is 0. The minimum Gasteiger partial charge on any atom is -0.212 e. The van der Waals surface area contributed by atoms with Crippen molar-refractivity contribution in [2.45, 2.75) is 5.88 Å². The lowest BCUT2D eigenvalue weighted by atomic mass is 10.2. The van der Waals surface area contributed by atoms with Gasteiger partial charge in [-0.2, -0.15) is 0 Å². The van der Waals surface area contributed by atoms with Gasteiger partial charge in [-0.25, -0.2) is 4.68 Å². The monoisotopic (exact) mass is 277 g/mol. The first-order valence-corrected chi connectivity index (χ1v) is 6.36. The molecule has 0 amide bonds. The van der Waals surface area contributed by atoms with Gasteiger partial charge in [-0.15, -0.1) is 16.7 Å². The fourth-order valence-corrected chi connectivity index (χ4v) is 2.51. The molecule has 90 valence electrons. The highest BCUT2D eigenvalue weighted by Crippen LogP contribution is 2.26. The minimum atomic E-state index is 0.337. The molecule has 0 N–H and O–H groups in total. The fraction of sp³-hybridized carbons (Fsp3) is 0.0769. The van der Waals surface area contributed by atoms with Gasteiger partial charge in [-0.05, 0) is 24.3 Å². The van der Waals surface area contributed by atoms with Gasteiger partial charge in [0.05, 0.1) is 17.1 Å². The lowest BCUT2D eigenvalue weighted by Crippen LogP contribution is -2.01. The van der Waals surface area contributed by atoms with Crippen LogP contribution in [0.25, 0.3) is 16.7 Å². The van der Waals surface area contributed by atoms with Crippen molar-refractivity contribution in [2.75, 3.05) is 0 Å². The first-order chi connectivity index (χ1) is 8.81. The highest BCUT2D eigenvalue weighted by atomic mass is 35.5. The van der Waals surface area contributed by atoms with Crippen LogP contribution < -0.4 is 0 Å². The molecule has 3 nitrogen and oxygen atoms in total. The molecule has 0 saturated heterocycles. The fourth-order valence-electron chi connectivity index (χ4n) is 1.92. The summed E-state index contributed by atoms with van der Waals surface area (Å²) >= 11 is 12.1. The second-order valence-electron chi connectivity index (χ2n) is 3.86. The third kappa shape index (κ3) is 1.76. The summed E-state index contributed by atoms with van der Waals surface area (Å²) in [5.74, 6) is 0.337. The molecule has 5 heteroatoms. The molecule has 2 aromatic carbocycles.